The molecule has 0 aliphatic rings. The Bertz CT molecular complexity index is 818. The monoisotopic (exact) mass is 323 g/mol. The predicted molar refractivity (Wildman–Crippen MR) is 93.3 cm³/mol. The van der Waals surface area contributed by atoms with Gasteiger partial charge in [-0.1, -0.05) is 32.0 Å². The number of aromatic nitrogens is 3. The van der Waals surface area contributed by atoms with E-state index < -0.39 is 0 Å². The molecule has 6 heteroatoms. The van der Waals surface area contributed by atoms with E-state index in [0.717, 1.165) is 5.69 Å². The van der Waals surface area contributed by atoms with E-state index in [2.05, 4.69) is 51.8 Å². The summed E-state index contributed by atoms with van der Waals surface area (Å²) >= 11 is 0. The van der Waals surface area contributed by atoms with Crippen molar-refractivity contribution in [3.63, 3.8) is 0 Å². The first-order valence-electron chi connectivity index (χ1n) is 7.69. The lowest BCUT2D eigenvalue weighted by Crippen LogP contribution is -2.02. The number of hydrogen-bond donors (Lipinski definition) is 2. The Kier molecular flexibility index (Phi) is 4.65. The first kappa shape index (κ1) is 15.9. The van der Waals surface area contributed by atoms with Crippen molar-refractivity contribution in [2.24, 2.45) is 0 Å². The highest BCUT2D eigenvalue weighted by molar-refractivity contribution is 5.58. The second kappa shape index (κ2) is 7.04. The summed E-state index contributed by atoms with van der Waals surface area (Å²) < 4.78 is 13.2. The molecule has 5 nitrogen and oxygen atoms in total. The number of hydrogen-bond acceptors (Lipinski definition) is 5. The van der Waals surface area contributed by atoms with E-state index in [1.54, 1.807) is 12.1 Å². The van der Waals surface area contributed by atoms with Crippen LogP contribution in [0.4, 0.5) is 27.5 Å². The van der Waals surface area contributed by atoms with Crippen molar-refractivity contribution in [2.45, 2.75) is 19.8 Å². The van der Waals surface area contributed by atoms with Gasteiger partial charge in [-0.05, 0) is 41.8 Å². The van der Waals surface area contributed by atoms with Gasteiger partial charge in [-0.15, -0.1) is 5.10 Å². The molecule has 0 bridgehead atoms. The van der Waals surface area contributed by atoms with Crippen LogP contribution in [0.15, 0.2) is 54.7 Å². The SMILES string of the molecule is CC(C)c1ccc(Nc2nncc(Nc3cccc(F)c3)n2)cc1. The summed E-state index contributed by atoms with van der Waals surface area (Å²) in [5.41, 5.74) is 2.74. The van der Waals surface area contributed by atoms with Crippen LogP contribution in [-0.4, -0.2) is 15.2 Å². The third-order valence-electron chi connectivity index (χ3n) is 3.49. The van der Waals surface area contributed by atoms with Crippen LogP contribution in [0.25, 0.3) is 0 Å². The zero-order chi connectivity index (χ0) is 16.9. The summed E-state index contributed by atoms with van der Waals surface area (Å²) in [6.45, 7) is 4.30. The molecule has 2 aromatic carbocycles. The van der Waals surface area contributed by atoms with E-state index in [4.69, 9.17) is 0 Å². The summed E-state index contributed by atoms with van der Waals surface area (Å²) in [5.74, 6) is 1.02. The Morgan fingerprint density at radius 1 is 0.958 bits per heavy atom. The molecule has 0 radical (unpaired) electrons. The lowest BCUT2D eigenvalue weighted by atomic mass is 10.0. The van der Waals surface area contributed by atoms with Crippen molar-refractivity contribution < 1.29 is 4.39 Å². The van der Waals surface area contributed by atoms with Crippen LogP contribution < -0.4 is 10.6 Å². The maximum absolute atomic E-state index is 13.2. The van der Waals surface area contributed by atoms with E-state index >= 15 is 0 Å². The van der Waals surface area contributed by atoms with Gasteiger partial charge < -0.3 is 10.6 Å². The van der Waals surface area contributed by atoms with Gasteiger partial charge in [0, 0.05) is 11.4 Å². The normalized spacial score (nSPS) is 10.7. The molecule has 0 spiro atoms. The maximum Gasteiger partial charge on any atom is 0.249 e. The minimum absolute atomic E-state index is 0.314. The lowest BCUT2D eigenvalue weighted by molar-refractivity contribution is 0.628. The summed E-state index contributed by atoms with van der Waals surface area (Å²) in [6.07, 6.45) is 1.48. The average molecular weight is 323 g/mol. The van der Waals surface area contributed by atoms with Crippen LogP contribution in [0.1, 0.15) is 25.3 Å². The zero-order valence-electron chi connectivity index (χ0n) is 13.5. The van der Waals surface area contributed by atoms with E-state index in [9.17, 15) is 4.39 Å². The minimum Gasteiger partial charge on any atom is -0.339 e. The summed E-state index contributed by atoms with van der Waals surface area (Å²) in [6, 6.07) is 14.2. The molecular formula is C18H18FN5. The molecule has 0 aliphatic carbocycles. The molecule has 0 saturated heterocycles. The van der Waals surface area contributed by atoms with Crippen LogP contribution in [0.3, 0.4) is 0 Å². The number of benzene rings is 2. The largest absolute Gasteiger partial charge is 0.339 e. The standard InChI is InChI=1S/C18H18FN5/c1-12(2)13-6-8-15(9-7-13)22-18-23-17(11-20-24-18)21-16-5-3-4-14(19)10-16/h3-12H,1-2H3,(H2,21,22,23,24). The van der Waals surface area contributed by atoms with Crippen LogP contribution in [0, 0.1) is 5.82 Å². The third-order valence-corrected chi connectivity index (χ3v) is 3.49. The summed E-state index contributed by atoms with van der Waals surface area (Å²) in [4.78, 5) is 4.33. The van der Waals surface area contributed by atoms with E-state index in [-0.39, 0.29) is 5.82 Å². The van der Waals surface area contributed by atoms with Gasteiger partial charge in [0.25, 0.3) is 0 Å². The Balaban J connectivity index is 1.73. The van der Waals surface area contributed by atoms with Crippen molar-refractivity contribution in [2.75, 3.05) is 10.6 Å². The number of nitrogens with zero attached hydrogens (tertiary/aromatic N) is 3. The van der Waals surface area contributed by atoms with Gasteiger partial charge in [0.1, 0.15) is 5.82 Å². The van der Waals surface area contributed by atoms with E-state index in [0.29, 0.717) is 23.4 Å². The Labute approximate surface area is 140 Å². The fourth-order valence-electron chi connectivity index (χ4n) is 2.21. The Hall–Kier alpha value is -3.02. The molecular weight excluding hydrogens is 305 g/mol. The molecule has 1 aromatic heterocycles. The number of rotatable bonds is 5. The van der Waals surface area contributed by atoms with Crippen molar-refractivity contribution in [3.8, 4) is 0 Å². The number of anilines is 4. The highest BCUT2D eigenvalue weighted by Crippen LogP contribution is 2.20. The molecule has 0 amide bonds. The maximum atomic E-state index is 13.2. The third kappa shape index (κ3) is 4.04. The predicted octanol–water partition coefficient (Wildman–Crippen LogP) is 4.62. The van der Waals surface area contributed by atoms with Crippen molar-refractivity contribution in [1.29, 1.82) is 0 Å². The Morgan fingerprint density at radius 2 is 1.75 bits per heavy atom. The van der Waals surface area contributed by atoms with Gasteiger partial charge in [0.2, 0.25) is 5.95 Å². The molecule has 3 aromatic rings. The molecule has 0 atom stereocenters. The molecule has 0 unspecified atom stereocenters. The van der Waals surface area contributed by atoms with Crippen molar-refractivity contribution in [3.05, 3.63) is 66.1 Å². The quantitative estimate of drug-likeness (QED) is 0.717. The molecule has 0 fully saturated rings. The molecule has 2 N–H and O–H groups in total. The van der Waals surface area contributed by atoms with Crippen molar-refractivity contribution >= 4 is 23.1 Å². The highest BCUT2D eigenvalue weighted by Gasteiger charge is 2.04. The van der Waals surface area contributed by atoms with Crippen LogP contribution in [-0.2, 0) is 0 Å². The topological polar surface area (TPSA) is 62.7 Å². The van der Waals surface area contributed by atoms with Gasteiger partial charge in [0.05, 0.1) is 6.20 Å². The average Bonchev–Trinajstić information content (AvgIpc) is 2.56. The second-order valence-corrected chi connectivity index (χ2v) is 5.70. The lowest BCUT2D eigenvalue weighted by Gasteiger charge is -2.09. The second-order valence-electron chi connectivity index (χ2n) is 5.70. The Morgan fingerprint density at radius 3 is 2.46 bits per heavy atom. The number of nitrogens with one attached hydrogen (secondary N) is 2. The van der Waals surface area contributed by atoms with E-state index in [1.807, 2.05) is 12.1 Å². The highest BCUT2D eigenvalue weighted by atomic mass is 19.1. The zero-order valence-corrected chi connectivity index (χ0v) is 13.5. The van der Waals surface area contributed by atoms with Crippen LogP contribution >= 0.6 is 0 Å². The number of halogens is 1. The van der Waals surface area contributed by atoms with Gasteiger partial charge in [-0.3, -0.25) is 0 Å². The van der Waals surface area contributed by atoms with Gasteiger partial charge in [-0.25, -0.2) is 4.39 Å². The molecule has 122 valence electrons. The fraction of sp³-hybridized carbons (Fsp3) is 0.167. The molecule has 0 saturated carbocycles. The minimum atomic E-state index is -0.314. The van der Waals surface area contributed by atoms with Crippen molar-refractivity contribution in [1.82, 2.24) is 15.2 Å². The fourth-order valence-corrected chi connectivity index (χ4v) is 2.21. The van der Waals surface area contributed by atoms with Gasteiger partial charge >= 0.3 is 0 Å². The van der Waals surface area contributed by atoms with E-state index in [1.165, 1.54) is 23.9 Å². The first-order chi connectivity index (χ1) is 11.6. The summed E-state index contributed by atoms with van der Waals surface area (Å²) in [5, 5.41) is 14.0. The molecule has 1 heterocycles. The molecule has 24 heavy (non-hydrogen) atoms. The van der Waals surface area contributed by atoms with Crippen LogP contribution in [0.2, 0.25) is 0 Å². The van der Waals surface area contributed by atoms with Crippen LogP contribution in [0.5, 0.6) is 0 Å². The summed E-state index contributed by atoms with van der Waals surface area (Å²) in [7, 11) is 0. The van der Waals surface area contributed by atoms with Gasteiger partial charge in [0.15, 0.2) is 5.82 Å². The molecule has 3 rings (SSSR count). The first-order valence-corrected chi connectivity index (χ1v) is 7.69. The molecule has 0 aliphatic heterocycles. The smallest absolute Gasteiger partial charge is 0.249 e. The van der Waals surface area contributed by atoms with Gasteiger partial charge in [-0.2, -0.15) is 10.1 Å².